The van der Waals surface area contributed by atoms with Gasteiger partial charge in [-0.3, -0.25) is 4.79 Å². The fourth-order valence-electron chi connectivity index (χ4n) is 2.30. The van der Waals surface area contributed by atoms with Crippen LogP contribution < -0.4 is 0 Å². The summed E-state index contributed by atoms with van der Waals surface area (Å²) in [5.74, 6) is -0.125. The van der Waals surface area contributed by atoms with E-state index in [4.69, 9.17) is 4.74 Å². The summed E-state index contributed by atoms with van der Waals surface area (Å²) in [5, 5.41) is -0.128. The third-order valence-corrected chi connectivity index (χ3v) is 4.51. The van der Waals surface area contributed by atoms with Gasteiger partial charge in [-0.05, 0) is 44.2 Å². The highest BCUT2D eigenvalue weighted by Crippen LogP contribution is 2.31. The van der Waals surface area contributed by atoms with Crippen molar-refractivity contribution in [3.63, 3.8) is 0 Å². The summed E-state index contributed by atoms with van der Waals surface area (Å²) in [7, 11) is 1.47. The van der Waals surface area contributed by atoms with Crippen LogP contribution >= 0.6 is 11.8 Å². The number of rotatable bonds is 5. The van der Waals surface area contributed by atoms with Gasteiger partial charge in [-0.2, -0.15) is 0 Å². The zero-order chi connectivity index (χ0) is 13.5. The van der Waals surface area contributed by atoms with Gasteiger partial charge < -0.3 is 4.74 Å². The normalized spacial score (nSPS) is 16.6. The van der Waals surface area contributed by atoms with Crippen LogP contribution in [0.25, 0.3) is 0 Å². The lowest BCUT2D eigenvalue weighted by Gasteiger charge is -2.18. The molecule has 1 aromatic rings. The first-order chi connectivity index (χ1) is 9.29. The quantitative estimate of drug-likeness (QED) is 0.458. The molecule has 0 N–H and O–H groups in total. The highest BCUT2D eigenvalue weighted by molar-refractivity contribution is 8.00. The van der Waals surface area contributed by atoms with Crippen molar-refractivity contribution in [3.05, 3.63) is 42.0 Å². The number of carbonyl (C=O) groups is 1. The molecule has 3 heteroatoms. The number of thioether (sulfide) groups is 1. The highest BCUT2D eigenvalue weighted by Gasteiger charge is 2.22. The summed E-state index contributed by atoms with van der Waals surface area (Å²) >= 11 is 1.60. The molecule has 0 spiro atoms. The van der Waals surface area contributed by atoms with E-state index in [1.807, 2.05) is 30.3 Å². The molecule has 1 aliphatic rings. The standard InChI is InChI=1S/C16H20O2S/c1-18-16(17)15(12-13-8-4-2-5-9-13)19-14-10-6-3-7-11-14/h3,6-8,10-11,15H,2,4-5,9,12H2,1H3. The van der Waals surface area contributed by atoms with Gasteiger partial charge in [0.25, 0.3) is 0 Å². The Morgan fingerprint density at radius 3 is 2.74 bits per heavy atom. The fraction of sp³-hybridized carbons (Fsp3) is 0.438. The Kier molecular flexibility index (Phi) is 5.52. The SMILES string of the molecule is COC(=O)C(CC1=CCCCC1)Sc1ccccc1. The van der Waals surface area contributed by atoms with E-state index in [-0.39, 0.29) is 11.2 Å². The van der Waals surface area contributed by atoms with Crippen LogP contribution in [0.15, 0.2) is 46.9 Å². The molecule has 1 aliphatic carbocycles. The Balaban J connectivity index is 2.03. The Bertz CT molecular complexity index is 439. The Morgan fingerprint density at radius 2 is 2.11 bits per heavy atom. The number of hydrogen-bond acceptors (Lipinski definition) is 3. The van der Waals surface area contributed by atoms with Crippen LogP contribution in [0.2, 0.25) is 0 Å². The van der Waals surface area contributed by atoms with Crippen LogP contribution in [-0.4, -0.2) is 18.3 Å². The second-order valence-electron chi connectivity index (χ2n) is 4.75. The molecule has 0 saturated carbocycles. The van der Waals surface area contributed by atoms with Gasteiger partial charge in [0.2, 0.25) is 0 Å². The van der Waals surface area contributed by atoms with E-state index in [0.29, 0.717) is 0 Å². The van der Waals surface area contributed by atoms with E-state index in [1.165, 1.54) is 25.5 Å². The zero-order valence-corrected chi connectivity index (χ0v) is 12.1. The number of esters is 1. The van der Waals surface area contributed by atoms with Crippen molar-refractivity contribution in [1.82, 2.24) is 0 Å². The average molecular weight is 276 g/mol. The summed E-state index contributed by atoms with van der Waals surface area (Å²) in [4.78, 5) is 13.0. The molecule has 102 valence electrons. The third kappa shape index (κ3) is 4.43. The first-order valence-corrected chi connectivity index (χ1v) is 7.65. The molecule has 2 nitrogen and oxygen atoms in total. The topological polar surface area (TPSA) is 26.3 Å². The van der Waals surface area contributed by atoms with E-state index >= 15 is 0 Å². The number of ether oxygens (including phenoxy) is 1. The molecule has 0 bridgehead atoms. The number of allylic oxidation sites excluding steroid dienone is 2. The lowest BCUT2D eigenvalue weighted by Crippen LogP contribution is -2.20. The second kappa shape index (κ2) is 7.39. The van der Waals surface area contributed by atoms with Gasteiger partial charge in [-0.15, -0.1) is 11.8 Å². The maximum atomic E-state index is 11.9. The molecule has 1 unspecified atom stereocenters. The van der Waals surface area contributed by atoms with E-state index in [9.17, 15) is 4.79 Å². The van der Waals surface area contributed by atoms with Gasteiger partial charge in [-0.1, -0.05) is 29.8 Å². The summed E-state index contributed by atoms with van der Waals surface area (Å²) < 4.78 is 4.94. The van der Waals surface area contributed by atoms with E-state index < -0.39 is 0 Å². The number of carbonyl (C=O) groups excluding carboxylic acids is 1. The van der Waals surface area contributed by atoms with Crippen molar-refractivity contribution >= 4 is 17.7 Å². The van der Waals surface area contributed by atoms with Gasteiger partial charge in [0.15, 0.2) is 0 Å². The van der Waals surface area contributed by atoms with Crippen LogP contribution in [0.1, 0.15) is 32.1 Å². The molecular weight excluding hydrogens is 256 g/mol. The number of methoxy groups -OCH3 is 1. The predicted molar refractivity (Wildman–Crippen MR) is 79.3 cm³/mol. The molecule has 1 atom stereocenters. The number of benzene rings is 1. The monoisotopic (exact) mass is 276 g/mol. The summed E-state index contributed by atoms with van der Waals surface area (Å²) in [6.07, 6.45) is 7.91. The molecule has 19 heavy (non-hydrogen) atoms. The Labute approximate surface area is 119 Å². The lowest BCUT2D eigenvalue weighted by molar-refractivity contribution is -0.139. The molecule has 0 amide bonds. The smallest absolute Gasteiger partial charge is 0.319 e. The molecule has 0 aliphatic heterocycles. The lowest BCUT2D eigenvalue weighted by atomic mass is 9.96. The Morgan fingerprint density at radius 1 is 1.32 bits per heavy atom. The predicted octanol–water partition coefficient (Wildman–Crippen LogP) is 4.21. The fourth-order valence-corrected chi connectivity index (χ4v) is 3.43. The van der Waals surface area contributed by atoms with Crippen molar-refractivity contribution in [2.75, 3.05) is 7.11 Å². The van der Waals surface area contributed by atoms with Gasteiger partial charge >= 0.3 is 5.97 Å². The first kappa shape index (κ1) is 14.2. The van der Waals surface area contributed by atoms with Crippen molar-refractivity contribution in [2.45, 2.75) is 42.2 Å². The van der Waals surface area contributed by atoms with E-state index in [2.05, 4.69) is 6.08 Å². The highest BCUT2D eigenvalue weighted by atomic mass is 32.2. The second-order valence-corrected chi connectivity index (χ2v) is 6.03. The van der Waals surface area contributed by atoms with E-state index in [0.717, 1.165) is 24.2 Å². The molecule has 1 aromatic carbocycles. The first-order valence-electron chi connectivity index (χ1n) is 6.77. The van der Waals surface area contributed by atoms with Gasteiger partial charge in [0, 0.05) is 4.90 Å². The van der Waals surface area contributed by atoms with Crippen LogP contribution in [0.4, 0.5) is 0 Å². The van der Waals surface area contributed by atoms with Crippen molar-refractivity contribution in [2.24, 2.45) is 0 Å². The minimum Gasteiger partial charge on any atom is -0.468 e. The van der Waals surface area contributed by atoms with Crippen molar-refractivity contribution in [3.8, 4) is 0 Å². The van der Waals surface area contributed by atoms with Crippen molar-refractivity contribution < 1.29 is 9.53 Å². The van der Waals surface area contributed by atoms with Gasteiger partial charge in [0.05, 0.1) is 7.11 Å². The third-order valence-electron chi connectivity index (χ3n) is 3.32. The molecule has 0 aromatic heterocycles. The zero-order valence-electron chi connectivity index (χ0n) is 11.3. The molecule has 0 fully saturated rings. The van der Waals surface area contributed by atoms with Crippen LogP contribution in [0, 0.1) is 0 Å². The minimum absolute atomic E-state index is 0.125. The molecule has 0 saturated heterocycles. The van der Waals surface area contributed by atoms with Crippen LogP contribution in [0.5, 0.6) is 0 Å². The molecule has 0 radical (unpaired) electrons. The minimum atomic E-state index is -0.128. The average Bonchev–Trinajstić information content (AvgIpc) is 2.48. The summed E-state index contributed by atoms with van der Waals surface area (Å²) in [5.41, 5.74) is 1.41. The largest absolute Gasteiger partial charge is 0.468 e. The molecule has 2 rings (SSSR count). The molecular formula is C16H20O2S. The van der Waals surface area contributed by atoms with Crippen LogP contribution in [0.3, 0.4) is 0 Å². The molecule has 0 heterocycles. The number of hydrogen-bond donors (Lipinski definition) is 0. The van der Waals surface area contributed by atoms with Crippen LogP contribution in [-0.2, 0) is 9.53 Å². The van der Waals surface area contributed by atoms with Crippen molar-refractivity contribution in [1.29, 1.82) is 0 Å². The maximum absolute atomic E-state index is 11.9. The van der Waals surface area contributed by atoms with Gasteiger partial charge in [-0.25, -0.2) is 0 Å². The summed E-state index contributed by atoms with van der Waals surface area (Å²) in [6, 6.07) is 10.1. The van der Waals surface area contributed by atoms with Gasteiger partial charge in [0.1, 0.15) is 5.25 Å². The Hall–Kier alpha value is -1.22. The maximum Gasteiger partial charge on any atom is 0.319 e. The summed E-state index contributed by atoms with van der Waals surface area (Å²) in [6.45, 7) is 0. The van der Waals surface area contributed by atoms with E-state index in [1.54, 1.807) is 11.8 Å².